The van der Waals surface area contributed by atoms with Crippen LogP contribution in [0, 0.1) is 0 Å². The summed E-state index contributed by atoms with van der Waals surface area (Å²) < 4.78 is 11.6. The average Bonchev–Trinajstić information content (AvgIpc) is 2.53. The van der Waals surface area contributed by atoms with Gasteiger partial charge in [-0.05, 0) is 18.1 Å². The highest BCUT2D eigenvalue weighted by atomic mass is 16.5. The summed E-state index contributed by atoms with van der Waals surface area (Å²) >= 11 is 0. The molecule has 2 nitrogen and oxygen atoms in total. The second-order valence-corrected chi connectivity index (χ2v) is 4.73. The predicted molar refractivity (Wildman–Crippen MR) is 81.6 cm³/mol. The molecule has 0 aliphatic rings. The van der Waals surface area contributed by atoms with Crippen LogP contribution in [0.4, 0.5) is 0 Å². The molecule has 0 saturated carbocycles. The summed E-state index contributed by atoms with van der Waals surface area (Å²) in [6.45, 7) is 2.73. The molecule has 0 bridgehead atoms. The van der Waals surface area contributed by atoms with Crippen LogP contribution in [0.5, 0.6) is 0 Å². The van der Waals surface area contributed by atoms with Crippen molar-refractivity contribution in [3.63, 3.8) is 0 Å². The summed E-state index contributed by atoms with van der Waals surface area (Å²) in [5.74, 6) is 0. The van der Waals surface area contributed by atoms with Gasteiger partial charge in [0, 0.05) is 20.1 Å². The van der Waals surface area contributed by atoms with Crippen LogP contribution < -0.4 is 0 Å². The van der Waals surface area contributed by atoms with Crippen molar-refractivity contribution in [3.05, 3.63) is 71.8 Å². The van der Waals surface area contributed by atoms with Gasteiger partial charge in [0.05, 0.1) is 12.2 Å². The van der Waals surface area contributed by atoms with Crippen molar-refractivity contribution in [2.45, 2.75) is 25.6 Å². The lowest BCUT2D eigenvalue weighted by Gasteiger charge is -2.23. The largest absolute Gasteiger partial charge is 0.377 e. The van der Waals surface area contributed by atoms with E-state index in [1.54, 1.807) is 7.11 Å². The maximum Gasteiger partial charge on any atom is 0.0852 e. The van der Waals surface area contributed by atoms with Crippen LogP contribution in [0.15, 0.2) is 60.7 Å². The Labute approximate surface area is 121 Å². The quantitative estimate of drug-likeness (QED) is 0.735. The van der Waals surface area contributed by atoms with Gasteiger partial charge in [0.25, 0.3) is 0 Å². The maximum absolute atomic E-state index is 5.90. The highest BCUT2D eigenvalue weighted by Gasteiger charge is 2.19. The fraction of sp³-hybridized carbons (Fsp3) is 0.333. The molecule has 0 N–H and O–H groups in total. The van der Waals surface area contributed by atoms with Crippen LogP contribution in [0.3, 0.4) is 0 Å². The van der Waals surface area contributed by atoms with E-state index in [0.29, 0.717) is 6.61 Å². The lowest BCUT2D eigenvalue weighted by atomic mass is 9.98. The van der Waals surface area contributed by atoms with Gasteiger partial charge in [-0.2, -0.15) is 0 Å². The van der Waals surface area contributed by atoms with E-state index in [9.17, 15) is 0 Å². The van der Waals surface area contributed by atoms with Gasteiger partial charge in [0.1, 0.15) is 0 Å². The molecule has 0 heterocycles. The fourth-order valence-electron chi connectivity index (χ4n) is 2.40. The minimum atomic E-state index is 0.0490. The van der Waals surface area contributed by atoms with Gasteiger partial charge in [0.2, 0.25) is 0 Å². The topological polar surface area (TPSA) is 18.5 Å². The molecule has 0 saturated heterocycles. The zero-order valence-corrected chi connectivity index (χ0v) is 12.2. The minimum Gasteiger partial charge on any atom is -0.377 e. The molecule has 0 aliphatic heterocycles. The van der Waals surface area contributed by atoms with Gasteiger partial charge in [-0.25, -0.2) is 0 Å². The Hall–Kier alpha value is -1.64. The van der Waals surface area contributed by atoms with Crippen molar-refractivity contribution in [1.82, 2.24) is 0 Å². The molecule has 2 heteroatoms. The normalized spacial score (nSPS) is 13.9. The molecule has 106 valence electrons. The van der Waals surface area contributed by atoms with E-state index in [2.05, 4.69) is 24.3 Å². The summed E-state index contributed by atoms with van der Waals surface area (Å²) in [5.41, 5.74) is 2.39. The molecule has 0 radical (unpaired) electrons. The standard InChI is InChI=1S/C18H22O2/c1-3-20-18(16-12-8-5-9-13-16)14-17(19-2)15-10-6-4-7-11-15/h4-13,17-18H,3,14H2,1-2H3/t17-,18+/m0/s1. The highest BCUT2D eigenvalue weighted by molar-refractivity contribution is 5.21. The van der Waals surface area contributed by atoms with E-state index in [-0.39, 0.29) is 12.2 Å². The molecule has 0 aliphatic carbocycles. The Balaban J connectivity index is 2.14. The lowest BCUT2D eigenvalue weighted by molar-refractivity contribution is 0.00178. The van der Waals surface area contributed by atoms with E-state index < -0.39 is 0 Å². The Morgan fingerprint density at radius 3 is 1.75 bits per heavy atom. The van der Waals surface area contributed by atoms with Crippen molar-refractivity contribution in [1.29, 1.82) is 0 Å². The molecule has 2 rings (SSSR count). The first-order valence-electron chi connectivity index (χ1n) is 7.09. The predicted octanol–water partition coefficient (Wildman–Crippen LogP) is 4.54. The number of ether oxygens (including phenoxy) is 2. The molecule has 2 aromatic rings. The number of methoxy groups -OCH3 is 1. The molecule has 0 spiro atoms. The first-order valence-corrected chi connectivity index (χ1v) is 7.09. The molecule has 20 heavy (non-hydrogen) atoms. The summed E-state index contributed by atoms with van der Waals surface area (Å²) in [6.07, 6.45) is 0.928. The molecule has 0 aromatic heterocycles. The number of hydrogen-bond acceptors (Lipinski definition) is 2. The van der Waals surface area contributed by atoms with Gasteiger partial charge >= 0.3 is 0 Å². The average molecular weight is 270 g/mol. The second kappa shape index (κ2) is 7.83. The van der Waals surface area contributed by atoms with Crippen molar-refractivity contribution in [2.24, 2.45) is 0 Å². The fourth-order valence-corrected chi connectivity index (χ4v) is 2.40. The molecular formula is C18H22O2. The first-order chi connectivity index (χ1) is 9.85. The van der Waals surface area contributed by atoms with Gasteiger partial charge in [-0.15, -0.1) is 0 Å². The van der Waals surface area contributed by atoms with Crippen LogP contribution >= 0.6 is 0 Å². The van der Waals surface area contributed by atoms with E-state index in [4.69, 9.17) is 9.47 Å². The number of benzene rings is 2. The third-order valence-corrected chi connectivity index (χ3v) is 3.42. The molecule has 2 atom stereocenters. The summed E-state index contributed by atoms with van der Waals surface area (Å²) in [5, 5.41) is 0. The second-order valence-electron chi connectivity index (χ2n) is 4.73. The molecule has 0 unspecified atom stereocenters. The SMILES string of the molecule is CCO[C@H](C[C@H](OC)c1ccccc1)c1ccccc1. The van der Waals surface area contributed by atoms with E-state index >= 15 is 0 Å². The maximum atomic E-state index is 5.90. The molecular weight excluding hydrogens is 248 g/mol. The van der Waals surface area contributed by atoms with E-state index in [1.165, 1.54) is 11.1 Å². The van der Waals surface area contributed by atoms with Gasteiger partial charge in [-0.3, -0.25) is 0 Å². The first kappa shape index (κ1) is 14.8. The van der Waals surface area contributed by atoms with Crippen molar-refractivity contribution in [2.75, 3.05) is 13.7 Å². The Kier molecular flexibility index (Phi) is 5.78. The van der Waals surface area contributed by atoms with Crippen LogP contribution in [0.25, 0.3) is 0 Å². The number of hydrogen-bond donors (Lipinski definition) is 0. The summed E-state index contributed by atoms with van der Waals surface area (Å²) in [4.78, 5) is 0. The van der Waals surface area contributed by atoms with E-state index in [0.717, 1.165) is 6.42 Å². The molecule has 0 amide bonds. The minimum absolute atomic E-state index is 0.0490. The zero-order chi connectivity index (χ0) is 14.2. The Morgan fingerprint density at radius 1 is 0.800 bits per heavy atom. The van der Waals surface area contributed by atoms with Crippen LogP contribution in [0.2, 0.25) is 0 Å². The zero-order valence-electron chi connectivity index (χ0n) is 12.2. The smallest absolute Gasteiger partial charge is 0.0852 e. The Morgan fingerprint density at radius 2 is 1.30 bits per heavy atom. The van der Waals surface area contributed by atoms with Crippen molar-refractivity contribution in [3.8, 4) is 0 Å². The summed E-state index contributed by atoms with van der Waals surface area (Å²) in [7, 11) is 1.76. The summed E-state index contributed by atoms with van der Waals surface area (Å²) in [6, 6.07) is 20.6. The monoisotopic (exact) mass is 270 g/mol. The lowest BCUT2D eigenvalue weighted by Crippen LogP contribution is -2.11. The number of rotatable bonds is 7. The van der Waals surface area contributed by atoms with Gasteiger partial charge < -0.3 is 9.47 Å². The highest BCUT2D eigenvalue weighted by Crippen LogP contribution is 2.31. The van der Waals surface area contributed by atoms with Gasteiger partial charge in [0.15, 0.2) is 0 Å². The third-order valence-electron chi connectivity index (χ3n) is 3.42. The van der Waals surface area contributed by atoms with Crippen molar-refractivity contribution < 1.29 is 9.47 Å². The Bertz CT molecular complexity index is 481. The van der Waals surface area contributed by atoms with Crippen molar-refractivity contribution >= 4 is 0 Å². The molecule has 2 aromatic carbocycles. The van der Waals surface area contributed by atoms with Crippen LogP contribution in [0.1, 0.15) is 36.7 Å². The van der Waals surface area contributed by atoms with E-state index in [1.807, 2.05) is 43.3 Å². The van der Waals surface area contributed by atoms with Crippen LogP contribution in [-0.4, -0.2) is 13.7 Å². The van der Waals surface area contributed by atoms with Gasteiger partial charge in [-0.1, -0.05) is 60.7 Å². The third kappa shape index (κ3) is 3.92. The molecule has 0 fully saturated rings. The van der Waals surface area contributed by atoms with Crippen LogP contribution in [-0.2, 0) is 9.47 Å².